The third-order valence-electron chi connectivity index (χ3n) is 2.96. The van der Waals surface area contributed by atoms with Crippen molar-refractivity contribution in [3.8, 4) is 5.75 Å². The maximum atomic E-state index is 6.08. The fourth-order valence-corrected chi connectivity index (χ4v) is 2.02. The molecular formula is C17H14N2O. The van der Waals surface area contributed by atoms with E-state index in [-0.39, 0.29) is 6.10 Å². The summed E-state index contributed by atoms with van der Waals surface area (Å²) < 4.78 is 6.08. The first-order valence-electron chi connectivity index (χ1n) is 6.48. The molecule has 0 saturated carbocycles. The number of ether oxygens (including phenoxy) is 1. The summed E-state index contributed by atoms with van der Waals surface area (Å²) in [4.78, 5) is 0. The predicted molar refractivity (Wildman–Crippen MR) is 77.4 cm³/mol. The fraction of sp³-hybridized carbons (Fsp3) is 0.0588. The lowest BCUT2D eigenvalue weighted by Crippen LogP contribution is -2.11. The first-order valence-corrected chi connectivity index (χ1v) is 6.48. The molecule has 0 saturated heterocycles. The Labute approximate surface area is 117 Å². The molecule has 20 heavy (non-hydrogen) atoms. The van der Waals surface area contributed by atoms with E-state index < -0.39 is 0 Å². The van der Waals surface area contributed by atoms with Gasteiger partial charge >= 0.3 is 0 Å². The predicted octanol–water partition coefficient (Wildman–Crippen LogP) is 3.65. The van der Waals surface area contributed by atoms with E-state index in [9.17, 15) is 0 Å². The Kier molecular flexibility index (Phi) is 3.69. The Morgan fingerprint density at radius 2 is 1.45 bits per heavy atom. The lowest BCUT2D eigenvalue weighted by molar-refractivity contribution is 0.241. The van der Waals surface area contributed by atoms with E-state index in [2.05, 4.69) is 10.2 Å². The average molecular weight is 262 g/mol. The summed E-state index contributed by atoms with van der Waals surface area (Å²) >= 11 is 0. The van der Waals surface area contributed by atoms with Gasteiger partial charge in [0.1, 0.15) is 11.4 Å². The van der Waals surface area contributed by atoms with Crippen LogP contribution in [-0.4, -0.2) is 10.2 Å². The Bertz CT molecular complexity index is 602. The molecule has 0 amide bonds. The van der Waals surface area contributed by atoms with Crippen LogP contribution in [-0.2, 0) is 0 Å². The molecule has 0 aliphatic rings. The number of benzene rings is 2. The number of hydrogen-bond acceptors (Lipinski definition) is 3. The van der Waals surface area contributed by atoms with Gasteiger partial charge in [-0.05, 0) is 29.8 Å². The van der Waals surface area contributed by atoms with E-state index >= 15 is 0 Å². The Morgan fingerprint density at radius 3 is 2.10 bits per heavy atom. The van der Waals surface area contributed by atoms with Crippen LogP contribution in [0.3, 0.4) is 0 Å². The van der Waals surface area contributed by atoms with Crippen LogP contribution >= 0.6 is 0 Å². The highest BCUT2D eigenvalue weighted by molar-refractivity contribution is 5.29. The molecule has 3 nitrogen and oxygen atoms in total. The molecule has 3 heteroatoms. The minimum absolute atomic E-state index is 0.257. The molecule has 1 atom stereocenters. The fourth-order valence-electron chi connectivity index (χ4n) is 2.02. The molecule has 0 N–H and O–H groups in total. The molecule has 0 aliphatic heterocycles. The molecule has 0 spiro atoms. The van der Waals surface area contributed by atoms with Gasteiger partial charge in [0.2, 0.25) is 0 Å². The lowest BCUT2D eigenvalue weighted by atomic mass is 10.1. The highest BCUT2D eigenvalue weighted by Gasteiger charge is 2.17. The molecule has 3 aromatic rings. The number of para-hydroxylation sites is 1. The van der Waals surface area contributed by atoms with Crippen molar-refractivity contribution in [3.05, 3.63) is 90.3 Å². The van der Waals surface area contributed by atoms with Gasteiger partial charge in [-0.2, -0.15) is 10.2 Å². The summed E-state index contributed by atoms with van der Waals surface area (Å²) in [7, 11) is 0. The van der Waals surface area contributed by atoms with Gasteiger partial charge in [0.05, 0.1) is 0 Å². The summed E-state index contributed by atoms with van der Waals surface area (Å²) in [5.41, 5.74) is 1.85. The van der Waals surface area contributed by atoms with Crippen LogP contribution in [0.5, 0.6) is 5.75 Å². The smallest absolute Gasteiger partial charge is 0.167 e. The third kappa shape index (κ3) is 2.83. The molecular weight excluding hydrogens is 248 g/mol. The van der Waals surface area contributed by atoms with E-state index in [0.717, 1.165) is 17.0 Å². The molecule has 1 aromatic heterocycles. The second kappa shape index (κ2) is 5.97. The maximum absolute atomic E-state index is 6.08. The van der Waals surface area contributed by atoms with Crippen molar-refractivity contribution in [2.24, 2.45) is 0 Å². The number of aromatic nitrogens is 2. The Hall–Kier alpha value is -2.68. The highest BCUT2D eigenvalue weighted by Crippen LogP contribution is 2.26. The topological polar surface area (TPSA) is 35.0 Å². The van der Waals surface area contributed by atoms with Crippen molar-refractivity contribution in [1.29, 1.82) is 0 Å². The van der Waals surface area contributed by atoms with E-state index in [1.54, 1.807) is 6.20 Å². The number of hydrogen-bond donors (Lipinski definition) is 0. The van der Waals surface area contributed by atoms with E-state index in [1.807, 2.05) is 72.8 Å². The molecule has 0 radical (unpaired) electrons. The highest BCUT2D eigenvalue weighted by atomic mass is 16.5. The monoisotopic (exact) mass is 262 g/mol. The number of nitrogens with zero attached hydrogens (tertiary/aromatic N) is 2. The number of rotatable bonds is 4. The van der Waals surface area contributed by atoms with Gasteiger partial charge in [-0.1, -0.05) is 48.5 Å². The zero-order valence-electron chi connectivity index (χ0n) is 10.9. The Morgan fingerprint density at radius 1 is 0.750 bits per heavy atom. The molecule has 0 fully saturated rings. The van der Waals surface area contributed by atoms with Crippen molar-refractivity contribution in [3.63, 3.8) is 0 Å². The molecule has 0 aliphatic carbocycles. The maximum Gasteiger partial charge on any atom is 0.167 e. The summed E-state index contributed by atoms with van der Waals surface area (Å²) in [5.74, 6) is 0.812. The van der Waals surface area contributed by atoms with E-state index in [1.165, 1.54) is 0 Å². The van der Waals surface area contributed by atoms with Crippen molar-refractivity contribution in [1.82, 2.24) is 10.2 Å². The average Bonchev–Trinajstić information content (AvgIpc) is 2.55. The standard InChI is InChI=1S/C17H14N2O/c1-3-8-14(9-4-1)17(16-12-7-13-18-19-16)20-15-10-5-2-6-11-15/h1-13,17H. The lowest BCUT2D eigenvalue weighted by Gasteiger charge is -2.18. The normalized spacial score (nSPS) is 11.8. The Balaban J connectivity index is 1.96. The second-order valence-corrected chi connectivity index (χ2v) is 4.37. The quantitative estimate of drug-likeness (QED) is 0.720. The largest absolute Gasteiger partial charge is 0.479 e. The zero-order valence-corrected chi connectivity index (χ0v) is 10.9. The molecule has 98 valence electrons. The summed E-state index contributed by atoms with van der Waals surface area (Å²) in [5, 5.41) is 8.12. The molecule has 1 heterocycles. The first kappa shape index (κ1) is 12.4. The van der Waals surface area contributed by atoms with Gasteiger partial charge in [-0.25, -0.2) is 0 Å². The molecule has 0 bridgehead atoms. The van der Waals surface area contributed by atoms with E-state index in [4.69, 9.17) is 4.74 Å². The molecule has 1 unspecified atom stereocenters. The van der Waals surface area contributed by atoms with Crippen molar-refractivity contribution in [2.45, 2.75) is 6.10 Å². The summed E-state index contributed by atoms with van der Waals surface area (Å²) in [6, 6.07) is 23.6. The van der Waals surface area contributed by atoms with Crippen LogP contribution in [0.15, 0.2) is 79.0 Å². The van der Waals surface area contributed by atoms with Crippen LogP contribution in [0.4, 0.5) is 0 Å². The molecule has 3 rings (SSSR count). The zero-order chi connectivity index (χ0) is 13.6. The summed E-state index contributed by atoms with van der Waals surface area (Å²) in [6.45, 7) is 0. The van der Waals surface area contributed by atoms with Gasteiger partial charge in [0.25, 0.3) is 0 Å². The van der Waals surface area contributed by atoms with Crippen molar-refractivity contribution in [2.75, 3.05) is 0 Å². The van der Waals surface area contributed by atoms with Crippen LogP contribution < -0.4 is 4.74 Å². The van der Waals surface area contributed by atoms with Crippen LogP contribution in [0.1, 0.15) is 17.4 Å². The van der Waals surface area contributed by atoms with Crippen LogP contribution in [0, 0.1) is 0 Å². The van der Waals surface area contributed by atoms with Gasteiger partial charge in [-0.3, -0.25) is 0 Å². The summed E-state index contributed by atoms with van der Waals surface area (Å²) in [6.07, 6.45) is 1.40. The van der Waals surface area contributed by atoms with E-state index in [0.29, 0.717) is 0 Å². The van der Waals surface area contributed by atoms with Crippen molar-refractivity contribution < 1.29 is 4.74 Å². The second-order valence-electron chi connectivity index (χ2n) is 4.37. The third-order valence-corrected chi connectivity index (χ3v) is 2.96. The molecule has 2 aromatic carbocycles. The van der Waals surface area contributed by atoms with Crippen LogP contribution in [0.25, 0.3) is 0 Å². The van der Waals surface area contributed by atoms with Gasteiger partial charge in [-0.15, -0.1) is 0 Å². The van der Waals surface area contributed by atoms with Gasteiger partial charge < -0.3 is 4.74 Å². The SMILES string of the molecule is c1ccc(OC(c2ccccc2)c2cccnn2)cc1. The first-order chi connectivity index (χ1) is 9.93. The minimum atomic E-state index is -0.257. The van der Waals surface area contributed by atoms with Crippen LogP contribution in [0.2, 0.25) is 0 Å². The van der Waals surface area contributed by atoms with Crippen molar-refractivity contribution >= 4 is 0 Å². The van der Waals surface area contributed by atoms with Gasteiger partial charge in [0, 0.05) is 6.20 Å². The minimum Gasteiger partial charge on any atom is -0.479 e. The van der Waals surface area contributed by atoms with Gasteiger partial charge in [0.15, 0.2) is 6.10 Å².